The predicted octanol–water partition coefficient (Wildman–Crippen LogP) is 6.38. The van der Waals surface area contributed by atoms with Gasteiger partial charge < -0.3 is 4.74 Å². The topological polar surface area (TPSA) is 26.3 Å². The van der Waals surface area contributed by atoms with Crippen molar-refractivity contribution in [2.45, 2.75) is 105 Å². The second-order valence-electron chi connectivity index (χ2n) is 7.82. The first-order chi connectivity index (χ1) is 10.3. The van der Waals surface area contributed by atoms with E-state index in [2.05, 4.69) is 27.7 Å². The van der Waals surface area contributed by atoms with Gasteiger partial charge in [-0.2, -0.15) is 0 Å². The van der Waals surface area contributed by atoms with Crippen LogP contribution in [0.5, 0.6) is 0 Å². The van der Waals surface area contributed by atoms with Crippen LogP contribution in [0.2, 0.25) is 0 Å². The fourth-order valence-corrected chi connectivity index (χ4v) is 3.07. The van der Waals surface area contributed by atoms with Crippen LogP contribution < -0.4 is 0 Å². The average Bonchev–Trinajstić information content (AvgIpc) is 2.37. The van der Waals surface area contributed by atoms with Gasteiger partial charge in [-0.25, -0.2) is 0 Å². The molecule has 0 fully saturated rings. The van der Waals surface area contributed by atoms with Crippen molar-refractivity contribution >= 4 is 5.97 Å². The zero-order chi connectivity index (χ0) is 17.0. The van der Waals surface area contributed by atoms with Crippen LogP contribution in [-0.4, -0.2) is 12.1 Å². The number of ether oxygens (including phenoxy) is 1. The SMILES string of the molecule is CC(=O)O[C@H](C)CCC[C@H](C)CCC[C@H](C)CCCC(C)C. The molecule has 0 heterocycles. The highest BCUT2D eigenvalue weighted by Gasteiger charge is 2.09. The molecular formula is C20H40O2. The monoisotopic (exact) mass is 312 g/mol. The number of carbonyl (C=O) groups excluding carboxylic acids is 1. The van der Waals surface area contributed by atoms with Crippen LogP contribution in [0.4, 0.5) is 0 Å². The Morgan fingerprint density at radius 3 is 1.55 bits per heavy atom. The summed E-state index contributed by atoms with van der Waals surface area (Å²) in [5.41, 5.74) is 0. The fraction of sp³-hybridized carbons (Fsp3) is 0.950. The van der Waals surface area contributed by atoms with E-state index < -0.39 is 0 Å². The standard InChI is InChI=1S/C20H40O2/c1-16(2)10-7-11-17(3)12-8-13-18(4)14-9-15-19(5)22-20(6)21/h16-19H,7-15H2,1-6H3/t17-,18-,19-/m1/s1. The average molecular weight is 313 g/mol. The number of carbonyl (C=O) groups is 1. The quantitative estimate of drug-likeness (QED) is 0.369. The number of hydrogen-bond donors (Lipinski definition) is 0. The van der Waals surface area contributed by atoms with E-state index in [-0.39, 0.29) is 12.1 Å². The Morgan fingerprint density at radius 2 is 1.14 bits per heavy atom. The molecule has 0 aliphatic carbocycles. The Kier molecular flexibility index (Phi) is 12.6. The highest BCUT2D eigenvalue weighted by Crippen LogP contribution is 2.21. The highest BCUT2D eigenvalue weighted by atomic mass is 16.5. The van der Waals surface area contributed by atoms with Crippen LogP contribution in [0.1, 0.15) is 99.3 Å². The number of hydrogen-bond acceptors (Lipinski definition) is 2. The Balaban J connectivity index is 3.52. The third-order valence-electron chi connectivity index (χ3n) is 4.55. The van der Waals surface area contributed by atoms with E-state index in [1.807, 2.05) is 6.92 Å². The van der Waals surface area contributed by atoms with E-state index in [9.17, 15) is 4.79 Å². The van der Waals surface area contributed by atoms with E-state index in [4.69, 9.17) is 4.74 Å². The van der Waals surface area contributed by atoms with Gasteiger partial charge in [-0.3, -0.25) is 4.79 Å². The normalized spacial score (nSPS) is 15.6. The van der Waals surface area contributed by atoms with Crippen molar-refractivity contribution in [1.29, 1.82) is 0 Å². The van der Waals surface area contributed by atoms with Crippen LogP contribution in [0.15, 0.2) is 0 Å². The molecule has 0 spiro atoms. The lowest BCUT2D eigenvalue weighted by Gasteiger charge is -2.16. The Labute approximate surface area is 139 Å². The molecule has 0 saturated heterocycles. The van der Waals surface area contributed by atoms with Gasteiger partial charge in [0.25, 0.3) is 0 Å². The minimum absolute atomic E-state index is 0.0747. The molecule has 0 saturated carbocycles. The van der Waals surface area contributed by atoms with Crippen molar-refractivity contribution in [2.24, 2.45) is 17.8 Å². The first-order valence-corrected chi connectivity index (χ1v) is 9.48. The molecule has 0 amide bonds. The Morgan fingerprint density at radius 1 is 0.727 bits per heavy atom. The molecule has 22 heavy (non-hydrogen) atoms. The van der Waals surface area contributed by atoms with Crippen LogP contribution in [0.3, 0.4) is 0 Å². The lowest BCUT2D eigenvalue weighted by molar-refractivity contribution is -0.145. The van der Waals surface area contributed by atoms with Crippen molar-refractivity contribution in [3.8, 4) is 0 Å². The molecule has 0 aliphatic rings. The molecule has 0 unspecified atom stereocenters. The highest BCUT2D eigenvalue weighted by molar-refractivity contribution is 5.66. The molecule has 0 radical (unpaired) electrons. The van der Waals surface area contributed by atoms with Crippen LogP contribution in [-0.2, 0) is 9.53 Å². The van der Waals surface area contributed by atoms with Gasteiger partial charge in [0, 0.05) is 6.92 Å². The van der Waals surface area contributed by atoms with Crippen molar-refractivity contribution < 1.29 is 9.53 Å². The van der Waals surface area contributed by atoms with Gasteiger partial charge >= 0.3 is 5.97 Å². The molecule has 0 bridgehead atoms. The van der Waals surface area contributed by atoms with Gasteiger partial charge in [-0.15, -0.1) is 0 Å². The van der Waals surface area contributed by atoms with E-state index in [1.54, 1.807) is 0 Å². The maximum absolute atomic E-state index is 10.8. The third kappa shape index (κ3) is 14.4. The Bertz CT molecular complexity index is 273. The minimum Gasteiger partial charge on any atom is -0.463 e. The maximum atomic E-state index is 10.8. The summed E-state index contributed by atoms with van der Waals surface area (Å²) in [6, 6.07) is 0. The lowest BCUT2D eigenvalue weighted by Crippen LogP contribution is -2.12. The summed E-state index contributed by atoms with van der Waals surface area (Å²) in [5, 5.41) is 0. The van der Waals surface area contributed by atoms with Gasteiger partial charge in [-0.05, 0) is 37.5 Å². The van der Waals surface area contributed by atoms with Gasteiger partial charge in [0.1, 0.15) is 0 Å². The molecule has 3 atom stereocenters. The third-order valence-corrected chi connectivity index (χ3v) is 4.55. The van der Waals surface area contributed by atoms with Crippen molar-refractivity contribution in [1.82, 2.24) is 0 Å². The van der Waals surface area contributed by atoms with Gasteiger partial charge in [0.2, 0.25) is 0 Å². The first kappa shape index (κ1) is 21.5. The Hall–Kier alpha value is -0.530. The summed E-state index contributed by atoms with van der Waals surface area (Å²) in [7, 11) is 0. The van der Waals surface area contributed by atoms with Gasteiger partial charge in [0.05, 0.1) is 6.10 Å². The zero-order valence-electron chi connectivity index (χ0n) is 16.0. The van der Waals surface area contributed by atoms with Gasteiger partial charge in [0.15, 0.2) is 0 Å². The number of esters is 1. The molecule has 2 nitrogen and oxygen atoms in total. The molecule has 0 aromatic heterocycles. The zero-order valence-corrected chi connectivity index (χ0v) is 16.0. The smallest absolute Gasteiger partial charge is 0.302 e. The summed E-state index contributed by atoms with van der Waals surface area (Å²) in [5.74, 6) is 2.37. The van der Waals surface area contributed by atoms with E-state index in [1.165, 1.54) is 58.3 Å². The van der Waals surface area contributed by atoms with E-state index in [0.29, 0.717) is 0 Å². The molecule has 2 heteroatoms. The fourth-order valence-electron chi connectivity index (χ4n) is 3.07. The second kappa shape index (κ2) is 13.0. The summed E-state index contributed by atoms with van der Waals surface area (Å²) in [6.07, 6.45) is 11.7. The molecule has 0 rings (SSSR count). The second-order valence-corrected chi connectivity index (χ2v) is 7.82. The number of rotatable bonds is 13. The van der Waals surface area contributed by atoms with Crippen LogP contribution in [0.25, 0.3) is 0 Å². The minimum atomic E-state index is -0.160. The van der Waals surface area contributed by atoms with E-state index in [0.717, 1.165) is 24.2 Å². The first-order valence-electron chi connectivity index (χ1n) is 9.48. The molecule has 0 aliphatic heterocycles. The summed E-state index contributed by atoms with van der Waals surface area (Å²) in [4.78, 5) is 10.8. The van der Waals surface area contributed by atoms with Crippen molar-refractivity contribution in [3.63, 3.8) is 0 Å². The molecule has 132 valence electrons. The van der Waals surface area contributed by atoms with E-state index >= 15 is 0 Å². The lowest BCUT2D eigenvalue weighted by atomic mass is 9.92. The predicted molar refractivity (Wildman–Crippen MR) is 95.9 cm³/mol. The molecular weight excluding hydrogens is 272 g/mol. The molecule has 0 aromatic rings. The summed E-state index contributed by atoms with van der Waals surface area (Å²) >= 11 is 0. The maximum Gasteiger partial charge on any atom is 0.302 e. The largest absolute Gasteiger partial charge is 0.463 e. The van der Waals surface area contributed by atoms with Crippen LogP contribution >= 0.6 is 0 Å². The molecule has 0 aromatic carbocycles. The summed E-state index contributed by atoms with van der Waals surface area (Å²) in [6.45, 7) is 12.9. The summed E-state index contributed by atoms with van der Waals surface area (Å²) < 4.78 is 5.16. The molecule has 0 N–H and O–H groups in total. The van der Waals surface area contributed by atoms with Crippen LogP contribution in [0, 0.1) is 17.8 Å². The van der Waals surface area contributed by atoms with Gasteiger partial charge in [-0.1, -0.05) is 72.6 Å². The van der Waals surface area contributed by atoms with Crippen molar-refractivity contribution in [2.75, 3.05) is 0 Å². The van der Waals surface area contributed by atoms with Crippen molar-refractivity contribution in [3.05, 3.63) is 0 Å².